The molecule has 5 nitrogen and oxygen atoms in total. The van der Waals surface area contributed by atoms with E-state index < -0.39 is 0 Å². The number of amides is 1. The van der Waals surface area contributed by atoms with Crippen LogP contribution in [0.2, 0.25) is 0 Å². The molecule has 0 aliphatic carbocycles. The Labute approximate surface area is 135 Å². The molecule has 0 spiro atoms. The number of carbonyl (C=O) groups excluding carboxylic acids is 1. The Morgan fingerprint density at radius 2 is 1.70 bits per heavy atom. The number of nitrogens with one attached hydrogen (secondary N) is 2. The molecule has 2 N–H and O–H groups in total. The molecule has 1 atom stereocenters. The molecule has 1 fully saturated rings. The fourth-order valence-electron chi connectivity index (χ4n) is 3.07. The molecule has 2 aliphatic heterocycles. The number of hydrogen-bond donors (Lipinski definition) is 2. The van der Waals surface area contributed by atoms with Gasteiger partial charge < -0.3 is 20.3 Å². The third-order valence-electron chi connectivity index (χ3n) is 4.35. The zero-order valence-electron chi connectivity index (χ0n) is 12.8. The van der Waals surface area contributed by atoms with Gasteiger partial charge in [0.1, 0.15) is 6.17 Å². The van der Waals surface area contributed by atoms with E-state index in [0.717, 1.165) is 37.6 Å². The van der Waals surface area contributed by atoms with Crippen molar-refractivity contribution in [2.45, 2.75) is 6.17 Å². The minimum Gasteiger partial charge on any atom is -0.378 e. The first-order valence-electron chi connectivity index (χ1n) is 7.90. The summed E-state index contributed by atoms with van der Waals surface area (Å²) in [7, 11) is 0. The molecule has 0 radical (unpaired) electrons. The minimum atomic E-state index is -0.198. The molecular weight excluding hydrogens is 290 g/mol. The standard InChI is InChI=1S/C18H19N3O2/c22-18-15-3-1-2-4-16(15)19-17(20-18)13-5-7-14(8-6-13)21-9-11-23-12-10-21/h1-8,17,19H,9-12H2,(H,20,22)/t17-/m0/s1. The van der Waals surface area contributed by atoms with Crippen molar-refractivity contribution < 1.29 is 9.53 Å². The summed E-state index contributed by atoms with van der Waals surface area (Å²) < 4.78 is 5.39. The van der Waals surface area contributed by atoms with Gasteiger partial charge in [-0.1, -0.05) is 24.3 Å². The second-order valence-electron chi connectivity index (χ2n) is 5.79. The highest BCUT2D eigenvalue weighted by molar-refractivity contribution is 6.01. The lowest BCUT2D eigenvalue weighted by molar-refractivity contribution is 0.0935. The third-order valence-corrected chi connectivity index (χ3v) is 4.35. The van der Waals surface area contributed by atoms with Crippen molar-refractivity contribution in [1.82, 2.24) is 5.32 Å². The first-order chi connectivity index (χ1) is 11.3. The van der Waals surface area contributed by atoms with Crippen LogP contribution in [0.3, 0.4) is 0 Å². The van der Waals surface area contributed by atoms with Gasteiger partial charge in [0.2, 0.25) is 0 Å². The fraction of sp³-hybridized carbons (Fsp3) is 0.278. The van der Waals surface area contributed by atoms with Crippen LogP contribution in [0.5, 0.6) is 0 Å². The monoisotopic (exact) mass is 309 g/mol. The molecule has 1 saturated heterocycles. The first kappa shape index (κ1) is 14.1. The van der Waals surface area contributed by atoms with Gasteiger partial charge in [-0.3, -0.25) is 4.79 Å². The summed E-state index contributed by atoms with van der Waals surface area (Å²) in [6.07, 6.45) is -0.198. The number of para-hydroxylation sites is 1. The highest BCUT2D eigenvalue weighted by Crippen LogP contribution is 2.27. The molecular formula is C18H19N3O2. The Morgan fingerprint density at radius 3 is 2.48 bits per heavy atom. The number of anilines is 2. The predicted octanol–water partition coefficient (Wildman–Crippen LogP) is 2.38. The van der Waals surface area contributed by atoms with Crippen LogP contribution in [0.25, 0.3) is 0 Å². The molecule has 23 heavy (non-hydrogen) atoms. The van der Waals surface area contributed by atoms with Crippen molar-refractivity contribution in [1.29, 1.82) is 0 Å². The third kappa shape index (κ3) is 2.75. The van der Waals surface area contributed by atoms with E-state index in [1.165, 1.54) is 5.69 Å². The van der Waals surface area contributed by atoms with Gasteiger partial charge in [0.15, 0.2) is 0 Å². The molecule has 2 aliphatic rings. The molecule has 0 bridgehead atoms. The van der Waals surface area contributed by atoms with Gasteiger partial charge in [-0.05, 0) is 29.8 Å². The Morgan fingerprint density at radius 1 is 0.957 bits per heavy atom. The Balaban J connectivity index is 1.54. The maximum absolute atomic E-state index is 12.2. The highest BCUT2D eigenvalue weighted by Gasteiger charge is 2.24. The molecule has 0 unspecified atom stereocenters. The molecule has 2 heterocycles. The van der Waals surface area contributed by atoms with E-state index in [2.05, 4.69) is 39.8 Å². The van der Waals surface area contributed by atoms with Crippen LogP contribution in [0.1, 0.15) is 22.1 Å². The smallest absolute Gasteiger partial charge is 0.255 e. The van der Waals surface area contributed by atoms with Crippen LogP contribution in [0.15, 0.2) is 48.5 Å². The van der Waals surface area contributed by atoms with Gasteiger partial charge in [-0.15, -0.1) is 0 Å². The van der Waals surface area contributed by atoms with Crippen LogP contribution >= 0.6 is 0 Å². The molecule has 0 aromatic heterocycles. The zero-order valence-corrected chi connectivity index (χ0v) is 12.8. The number of ether oxygens (including phenoxy) is 1. The van der Waals surface area contributed by atoms with Gasteiger partial charge in [0.05, 0.1) is 18.8 Å². The van der Waals surface area contributed by atoms with Crippen molar-refractivity contribution in [3.8, 4) is 0 Å². The largest absolute Gasteiger partial charge is 0.378 e. The summed E-state index contributed by atoms with van der Waals surface area (Å²) in [5.41, 5.74) is 3.80. The fourth-order valence-corrected chi connectivity index (χ4v) is 3.07. The van der Waals surface area contributed by atoms with Crippen molar-refractivity contribution in [3.05, 3.63) is 59.7 Å². The average Bonchev–Trinajstić information content (AvgIpc) is 2.63. The summed E-state index contributed by atoms with van der Waals surface area (Å²) >= 11 is 0. The number of nitrogens with zero attached hydrogens (tertiary/aromatic N) is 1. The molecule has 2 aromatic rings. The Hall–Kier alpha value is -2.53. The summed E-state index contributed by atoms with van der Waals surface area (Å²) in [6, 6.07) is 15.9. The van der Waals surface area contributed by atoms with E-state index >= 15 is 0 Å². The SMILES string of the molecule is O=C1N[C@@H](c2ccc(N3CCOCC3)cc2)Nc2ccccc21. The van der Waals surface area contributed by atoms with Crippen LogP contribution in [0.4, 0.5) is 11.4 Å². The number of hydrogen-bond acceptors (Lipinski definition) is 4. The second-order valence-corrected chi connectivity index (χ2v) is 5.79. The van der Waals surface area contributed by atoms with Gasteiger partial charge >= 0.3 is 0 Å². The molecule has 118 valence electrons. The number of carbonyl (C=O) groups is 1. The van der Waals surface area contributed by atoms with Crippen molar-refractivity contribution in [2.24, 2.45) is 0 Å². The maximum atomic E-state index is 12.2. The lowest BCUT2D eigenvalue weighted by Gasteiger charge is -2.30. The van der Waals surface area contributed by atoms with Gasteiger partial charge in [-0.25, -0.2) is 0 Å². The maximum Gasteiger partial charge on any atom is 0.255 e. The van der Waals surface area contributed by atoms with Gasteiger partial charge in [-0.2, -0.15) is 0 Å². The van der Waals surface area contributed by atoms with E-state index in [1.807, 2.05) is 24.3 Å². The van der Waals surface area contributed by atoms with E-state index in [-0.39, 0.29) is 12.1 Å². The number of morpholine rings is 1. The van der Waals surface area contributed by atoms with E-state index in [1.54, 1.807) is 0 Å². The lowest BCUT2D eigenvalue weighted by atomic mass is 10.1. The van der Waals surface area contributed by atoms with Gasteiger partial charge in [0.25, 0.3) is 5.91 Å². The normalized spacial score (nSPS) is 20.4. The average molecular weight is 309 g/mol. The van der Waals surface area contributed by atoms with E-state index in [4.69, 9.17) is 4.74 Å². The number of rotatable bonds is 2. The van der Waals surface area contributed by atoms with Crippen molar-refractivity contribution in [3.63, 3.8) is 0 Å². The van der Waals surface area contributed by atoms with Crippen LogP contribution in [-0.2, 0) is 4.74 Å². The number of fused-ring (bicyclic) bond motifs is 1. The molecule has 1 amide bonds. The molecule has 4 rings (SSSR count). The first-order valence-corrected chi connectivity index (χ1v) is 7.90. The summed E-state index contributed by atoms with van der Waals surface area (Å²) in [4.78, 5) is 14.5. The highest BCUT2D eigenvalue weighted by atomic mass is 16.5. The molecule has 0 saturated carbocycles. The molecule has 2 aromatic carbocycles. The van der Waals surface area contributed by atoms with Crippen LogP contribution < -0.4 is 15.5 Å². The second kappa shape index (κ2) is 5.93. The van der Waals surface area contributed by atoms with Crippen LogP contribution in [0, 0.1) is 0 Å². The predicted molar refractivity (Wildman–Crippen MR) is 89.7 cm³/mol. The van der Waals surface area contributed by atoms with Crippen molar-refractivity contribution >= 4 is 17.3 Å². The van der Waals surface area contributed by atoms with E-state index in [9.17, 15) is 4.79 Å². The number of benzene rings is 2. The quantitative estimate of drug-likeness (QED) is 0.894. The van der Waals surface area contributed by atoms with Crippen LogP contribution in [-0.4, -0.2) is 32.2 Å². The van der Waals surface area contributed by atoms with Crippen molar-refractivity contribution in [2.75, 3.05) is 36.5 Å². The Bertz CT molecular complexity index is 708. The summed E-state index contributed by atoms with van der Waals surface area (Å²) in [6.45, 7) is 3.40. The van der Waals surface area contributed by atoms with E-state index in [0.29, 0.717) is 5.56 Å². The molecule has 5 heteroatoms. The topological polar surface area (TPSA) is 53.6 Å². The zero-order chi connectivity index (χ0) is 15.6. The Kier molecular flexibility index (Phi) is 3.63. The summed E-state index contributed by atoms with van der Waals surface area (Å²) in [5, 5.41) is 6.38. The minimum absolute atomic E-state index is 0.0402. The lowest BCUT2D eigenvalue weighted by Crippen LogP contribution is -2.38. The van der Waals surface area contributed by atoms with Gasteiger partial charge in [0, 0.05) is 24.5 Å². The summed E-state index contributed by atoms with van der Waals surface area (Å²) in [5.74, 6) is -0.0402.